The number of nitrogens with one attached hydrogen (secondary N) is 1. The number of carbonyl (C=O) groups excluding carboxylic acids is 1. The molecule has 0 saturated carbocycles. The van der Waals surface area contributed by atoms with Crippen molar-refractivity contribution in [1.82, 2.24) is 9.47 Å². The minimum Gasteiger partial charge on any atom is -0.490 e. The third-order valence-electron chi connectivity index (χ3n) is 4.58. The van der Waals surface area contributed by atoms with Crippen LogP contribution < -0.4 is 15.6 Å². The summed E-state index contributed by atoms with van der Waals surface area (Å²) >= 11 is 5.94. The molecule has 0 spiro atoms. The number of amides is 2. The van der Waals surface area contributed by atoms with Crippen LogP contribution in [0.4, 0.5) is 10.5 Å². The molecule has 1 saturated heterocycles. The van der Waals surface area contributed by atoms with Gasteiger partial charge < -0.3 is 19.5 Å². The molecular weight excluding hydrogens is 354 g/mol. The number of hydrogen-bond donors (Lipinski definition) is 1. The van der Waals surface area contributed by atoms with Gasteiger partial charge in [0.15, 0.2) is 0 Å². The second kappa shape index (κ2) is 7.83. The molecule has 1 aromatic heterocycles. The molecule has 0 radical (unpaired) electrons. The number of hydrogen-bond acceptors (Lipinski definition) is 3. The molecule has 26 heavy (non-hydrogen) atoms. The van der Waals surface area contributed by atoms with Crippen molar-refractivity contribution in [3.63, 3.8) is 0 Å². The van der Waals surface area contributed by atoms with Crippen molar-refractivity contribution in [3.8, 4) is 5.75 Å². The molecule has 2 amide bonds. The van der Waals surface area contributed by atoms with E-state index >= 15 is 0 Å². The van der Waals surface area contributed by atoms with E-state index in [2.05, 4.69) is 5.32 Å². The van der Waals surface area contributed by atoms with Gasteiger partial charge in [-0.25, -0.2) is 4.79 Å². The van der Waals surface area contributed by atoms with E-state index in [0.717, 1.165) is 18.5 Å². The topological polar surface area (TPSA) is 63.6 Å². The molecule has 0 bridgehead atoms. The van der Waals surface area contributed by atoms with Crippen molar-refractivity contribution < 1.29 is 9.53 Å². The number of rotatable bonds is 3. The molecule has 0 unspecified atom stereocenters. The molecular formula is C19H22ClN3O3. The van der Waals surface area contributed by atoms with Crippen LogP contribution in [0.3, 0.4) is 0 Å². The van der Waals surface area contributed by atoms with Gasteiger partial charge in [-0.15, -0.1) is 0 Å². The first kappa shape index (κ1) is 18.3. The monoisotopic (exact) mass is 375 g/mol. The molecule has 0 aliphatic carbocycles. The highest BCUT2D eigenvalue weighted by molar-refractivity contribution is 6.30. The predicted molar refractivity (Wildman–Crippen MR) is 102 cm³/mol. The summed E-state index contributed by atoms with van der Waals surface area (Å²) in [6.07, 6.45) is 1.44. The predicted octanol–water partition coefficient (Wildman–Crippen LogP) is 3.42. The van der Waals surface area contributed by atoms with Crippen LogP contribution in [0, 0.1) is 6.92 Å². The fourth-order valence-electron chi connectivity index (χ4n) is 2.94. The minimum atomic E-state index is -0.143. The molecule has 3 rings (SSSR count). The van der Waals surface area contributed by atoms with E-state index in [-0.39, 0.29) is 17.7 Å². The van der Waals surface area contributed by atoms with Crippen LogP contribution in [0.25, 0.3) is 0 Å². The van der Waals surface area contributed by atoms with Gasteiger partial charge in [-0.05, 0) is 31.2 Å². The van der Waals surface area contributed by atoms with E-state index in [1.54, 1.807) is 40.8 Å². The summed E-state index contributed by atoms with van der Waals surface area (Å²) in [4.78, 5) is 26.0. The molecule has 0 atom stereocenters. The van der Waals surface area contributed by atoms with Crippen molar-refractivity contribution >= 4 is 23.3 Å². The van der Waals surface area contributed by atoms with Crippen LogP contribution in [0.2, 0.25) is 5.02 Å². The van der Waals surface area contributed by atoms with E-state index in [4.69, 9.17) is 16.3 Å². The van der Waals surface area contributed by atoms with E-state index in [1.807, 2.05) is 13.0 Å². The number of halogens is 1. The number of aromatic nitrogens is 1. The number of piperidine rings is 1. The van der Waals surface area contributed by atoms with Crippen LogP contribution in [-0.2, 0) is 7.05 Å². The zero-order chi connectivity index (χ0) is 18.7. The fraction of sp³-hybridized carbons (Fsp3) is 0.368. The van der Waals surface area contributed by atoms with E-state index < -0.39 is 0 Å². The summed E-state index contributed by atoms with van der Waals surface area (Å²) in [6, 6.07) is 10.3. The number of carbonyl (C=O) groups is 1. The van der Waals surface area contributed by atoms with Gasteiger partial charge in [0.1, 0.15) is 11.9 Å². The quantitative estimate of drug-likeness (QED) is 0.894. The van der Waals surface area contributed by atoms with E-state index in [1.165, 1.54) is 6.07 Å². The third-order valence-corrected chi connectivity index (χ3v) is 4.82. The first-order chi connectivity index (χ1) is 12.4. The summed E-state index contributed by atoms with van der Waals surface area (Å²) in [6.45, 7) is 3.07. The Bertz CT molecular complexity index is 857. The standard InChI is InChI=1S/C19H22ClN3O3/c1-13-10-17(12-18(24)22(13)2)26-16-6-8-23(9-7-16)19(25)21-15-5-3-4-14(20)11-15/h3-5,10-12,16H,6-9H2,1-2H3,(H,21,25). The number of benzene rings is 1. The second-order valence-electron chi connectivity index (χ2n) is 6.47. The zero-order valence-electron chi connectivity index (χ0n) is 14.9. The molecule has 6 nitrogen and oxygen atoms in total. The van der Waals surface area contributed by atoms with Gasteiger partial charge in [0, 0.05) is 55.4 Å². The smallest absolute Gasteiger partial charge is 0.321 e. The molecule has 1 aromatic carbocycles. The van der Waals surface area contributed by atoms with Crippen molar-refractivity contribution in [2.75, 3.05) is 18.4 Å². The Kier molecular flexibility index (Phi) is 5.52. The van der Waals surface area contributed by atoms with Crippen LogP contribution in [0.15, 0.2) is 41.2 Å². The first-order valence-corrected chi connectivity index (χ1v) is 8.96. The van der Waals surface area contributed by atoms with Crippen LogP contribution in [0.1, 0.15) is 18.5 Å². The first-order valence-electron chi connectivity index (χ1n) is 8.58. The van der Waals surface area contributed by atoms with Gasteiger partial charge in [0.05, 0.1) is 0 Å². The number of pyridine rings is 1. The van der Waals surface area contributed by atoms with Gasteiger partial charge in [0.2, 0.25) is 0 Å². The van der Waals surface area contributed by atoms with E-state index in [0.29, 0.717) is 29.5 Å². The van der Waals surface area contributed by atoms with Crippen molar-refractivity contribution in [2.45, 2.75) is 25.9 Å². The van der Waals surface area contributed by atoms with Crippen LogP contribution in [0.5, 0.6) is 5.75 Å². The van der Waals surface area contributed by atoms with Gasteiger partial charge in [-0.3, -0.25) is 4.79 Å². The summed E-state index contributed by atoms with van der Waals surface area (Å²) in [5, 5.41) is 3.44. The highest BCUT2D eigenvalue weighted by Gasteiger charge is 2.24. The summed E-state index contributed by atoms with van der Waals surface area (Å²) in [5.41, 5.74) is 1.45. The Labute approximate surface area is 157 Å². The lowest BCUT2D eigenvalue weighted by Gasteiger charge is -2.32. The SMILES string of the molecule is Cc1cc(OC2CCN(C(=O)Nc3cccc(Cl)c3)CC2)cc(=O)n1C. The maximum atomic E-state index is 12.4. The van der Waals surface area contributed by atoms with Gasteiger partial charge in [0.25, 0.3) is 5.56 Å². The molecule has 2 aromatic rings. The number of aryl methyl sites for hydroxylation is 1. The highest BCUT2D eigenvalue weighted by Crippen LogP contribution is 2.20. The van der Waals surface area contributed by atoms with Crippen LogP contribution >= 0.6 is 11.6 Å². The van der Waals surface area contributed by atoms with Gasteiger partial charge in [-0.2, -0.15) is 0 Å². The molecule has 1 aliphatic heterocycles. The minimum absolute atomic E-state index is 0.00303. The highest BCUT2D eigenvalue weighted by atomic mass is 35.5. The largest absolute Gasteiger partial charge is 0.490 e. The molecule has 1 fully saturated rings. The zero-order valence-corrected chi connectivity index (χ0v) is 15.6. The molecule has 1 aliphatic rings. The Hall–Kier alpha value is -2.47. The Balaban J connectivity index is 1.54. The number of likely N-dealkylation sites (tertiary alicyclic amines) is 1. The van der Waals surface area contributed by atoms with Crippen molar-refractivity contribution in [1.29, 1.82) is 0 Å². The maximum absolute atomic E-state index is 12.4. The average molecular weight is 376 g/mol. The molecule has 7 heteroatoms. The lowest BCUT2D eigenvalue weighted by atomic mass is 10.1. The Morgan fingerprint density at radius 3 is 2.62 bits per heavy atom. The number of anilines is 1. The maximum Gasteiger partial charge on any atom is 0.321 e. The van der Waals surface area contributed by atoms with E-state index in [9.17, 15) is 9.59 Å². The van der Waals surface area contributed by atoms with Gasteiger partial charge >= 0.3 is 6.03 Å². The molecule has 1 N–H and O–H groups in total. The van der Waals surface area contributed by atoms with Crippen LogP contribution in [-0.4, -0.2) is 34.7 Å². The summed E-state index contributed by atoms with van der Waals surface area (Å²) in [7, 11) is 1.73. The lowest BCUT2D eigenvalue weighted by Crippen LogP contribution is -2.43. The average Bonchev–Trinajstić information content (AvgIpc) is 2.60. The number of nitrogens with zero attached hydrogens (tertiary/aromatic N) is 2. The van der Waals surface area contributed by atoms with Gasteiger partial charge in [-0.1, -0.05) is 17.7 Å². The fourth-order valence-corrected chi connectivity index (χ4v) is 3.13. The lowest BCUT2D eigenvalue weighted by molar-refractivity contribution is 0.115. The Morgan fingerprint density at radius 2 is 1.96 bits per heavy atom. The molecule has 2 heterocycles. The van der Waals surface area contributed by atoms with Crippen molar-refractivity contribution in [2.24, 2.45) is 7.05 Å². The summed E-state index contributed by atoms with van der Waals surface area (Å²) in [5.74, 6) is 0.590. The summed E-state index contributed by atoms with van der Waals surface area (Å²) < 4.78 is 7.52. The molecule has 138 valence electrons. The second-order valence-corrected chi connectivity index (χ2v) is 6.91. The Morgan fingerprint density at radius 1 is 1.23 bits per heavy atom. The van der Waals surface area contributed by atoms with Crippen molar-refractivity contribution in [3.05, 3.63) is 57.5 Å². The number of urea groups is 1. The number of ether oxygens (including phenoxy) is 1. The third kappa shape index (κ3) is 4.38. The normalized spacial score (nSPS) is 15.0.